The van der Waals surface area contributed by atoms with Crippen molar-refractivity contribution < 1.29 is 9.69 Å². The first-order chi connectivity index (χ1) is 11.6. The van der Waals surface area contributed by atoms with Gasteiger partial charge < -0.3 is 10.2 Å². The van der Waals surface area contributed by atoms with Crippen molar-refractivity contribution in [2.45, 2.75) is 32.2 Å². The molecule has 24 heavy (non-hydrogen) atoms. The summed E-state index contributed by atoms with van der Waals surface area (Å²) in [5.74, 6) is -0.189. The fourth-order valence-corrected chi connectivity index (χ4v) is 3.50. The maximum Gasteiger partial charge on any atom is 0.274 e. The van der Waals surface area contributed by atoms with Gasteiger partial charge >= 0.3 is 0 Å². The van der Waals surface area contributed by atoms with Crippen LogP contribution in [0.2, 0.25) is 0 Å². The number of amides is 1. The zero-order valence-electron chi connectivity index (χ0n) is 14.3. The van der Waals surface area contributed by atoms with E-state index >= 15 is 0 Å². The monoisotopic (exact) mass is 329 g/mol. The third kappa shape index (κ3) is 3.33. The molecule has 3 rings (SSSR count). The summed E-state index contributed by atoms with van der Waals surface area (Å²) in [6.07, 6.45) is 3.18. The number of benzene rings is 1. The summed E-state index contributed by atoms with van der Waals surface area (Å²) in [7, 11) is 1.58. The molecule has 6 heteroatoms. The van der Waals surface area contributed by atoms with Gasteiger partial charge in [-0.05, 0) is 12.5 Å². The number of nitrogens with zero attached hydrogens (tertiary/aromatic N) is 2. The number of likely N-dealkylation sites (tertiary alicyclic amines) is 1. The highest BCUT2D eigenvalue weighted by Crippen LogP contribution is 2.13. The first-order valence-corrected chi connectivity index (χ1v) is 8.70. The molecule has 1 amide bonds. The number of rotatable bonds is 4. The van der Waals surface area contributed by atoms with Gasteiger partial charge in [0, 0.05) is 31.3 Å². The van der Waals surface area contributed by atoms with E-state index in [0.717, 1.165) is 25.9 Å². The molecule has 0 unspecified atom stereocenters. The number of carbonyl (C=O) groups excluding carboxylic acids is 1. The van der Waals surface area contributed by atoms with E-state index in [4.69, 9.17) is 0 Å². The molecule has 0 radical (unpaired) electrons. The molecule has 6 nitrogen and oxygen atoms in total. The fourth-order valence-electron chi connectivity index (χ4n) is 3.50. The van der Waals surface area contributed by atoms with Crippen LogP contribution in [0.1, 0.15) is 36.7 Å². The lowest BCUT2D eigenvalue weighted by Gasteiger charge is -2.29. The van der Waals surface area contributed by atoms with E-state index in [1.165, 1.54) is 17.6 Å². The summed E-state index contributed by atoms with van der Waals surface area (Å²) < 4.78 is 1.24. The first-order valence-electron chi connectivity index (χ1n) is 8.70. The van der Waals surface area contributed by atoms with Crippen molar-refractivity contribution in [1.82, 2.24) is 15.1 Å². The minimum Gasteiger partial charge on any atom is -0.347 e. The molecule has 2 aromatic rings. The van der Waals surface area contributed by atoms with Crippen molar-refractivity contribution in [3.63, 3.8) is 0 Å². The number of aromatic nitrogens is 2. The van der Waals surface area contributed by atoms with Crippen LogP contribution in [0.15, 0.2) is 29.1 Å². The van der Waals surface area contributed by atoms with E-state index in [2.05, 4.69) is 17.3 Å². The molecule has 128 valence electrons. The maximum atomic E-state index is 12.7. The number of fused-ring (bicyclic) bond motifs is 1. The lowest BCUT2D eigenvalue weighted by atomic mass is 10.0. The largest absolute Gasteiger partial charge is 0.347 e. The molecular formula is C18H25N4O2+. The molecule has 0 spiro atoms. The summed E-state index contributed by atoms with van der Waals surface area (Å²) in [4.78, 5) is 26.5. The van der Waals surface area contributed by atoms with Crippen molar-refractivity contribution in [3.8, 4) is 0 Å². The Morgan fingerprint density at radius 2 is 1.96 bits per heavy atom. The normalized spacial score (nSPS) is 20.9. The van der Waals surface area contributed by atoms with Gasteiger partial charge in [-0.25, -0.2) is 4.68 Å². The Labute approximate surface area is 141 Å². The van der Waals surface area contributed by atoms with Crippen molar-refractivity contribution >= 4 is 16.7 Å². The smallest absolute Gasteiger partial charge is 0.274 e. The zero-order valence-corrected chi connectivity index (χ0v) is 14.3. The highest BCUT2D eigenvalue weighted by molar-refractivity contribution is 6.04. The van der Waals surface area contributed by atoms with Gasteiger partial charge in [0.25, 0.3) is 11.5 Å². The number of aryl methyl sites for hydroxylation is 1. The van der Waals surface area contributed by atoms with Gasteiger partial charge in [-0.15, -0.1) is 0 Å². The van der Waals surface area contributed by atoms with Gasteiger partial charge in [-0.1, -0.05) is 25.1 Å². The average molecular weight is 329 g/mol. The molecule has 2 N–H and O–H groups in total. The molecule has 1 aromatic carbocycles. The van der Waals surface area contributed by atoms with E-state index in [1.54, 1.807) is 30.1 Å². The molecule has 0 bridgehead atoms. The lowest BCUT2D eigenvalue weighted by Crippen LogP contribution is -3.13. The van der Waals surface area contributed by atoms with Crippen LogP contribution in [0, 0.1) is 0 Å². The van der Waals surface area contributed by atoms with Crippen LogP contribution in [0.25, 0.3) is 10.8 Å². The Morgan fingerprint density at radius 1 is 1.29 bits per heavy atom. The highest BCUT2D eigenvalue weighted by Gasteiger charge is 2.24. The van der Waals surface area contributed by atoms with Crippen LogP contribution in [-0.2, 0) is 7.05 Å². The maximum absolute atomic E-state index is 12.7. The molecule has 2 heterocycles. The third-order valence-corrected chi connectivity index (χ3v) is 4.80. The van der Waals surface area contributed by atoms with E-state index < -0.39 is 0 Å². The minimum absolute atomic E-state index is 0.182. The molecule has 0 aliphatic carbocycles. The summed E-state index contributed by atoms with van der Waals surface area (Å²) in [6, 6.07) is 7.34. The Hall–Kier alpha value is -2.21. The Bertz CT molecular complexity index is 791. The van der Waals surface area contributed by atoms with Crippen LogP contribution in [0.3, 0.4) is 0 Å². The van der Waals surface area contributed by atoms with Gasteiger partial charge in [0.2, 0.25) is 0 Å². The van der Waals surface area contributed by atoms with Gasteiger partial charge in [0.05, 0.1) is 25.0 Å². The predicted octanol–water partition coefficient (Wildman–Crippen LogP) is 0.121. The van der Waals surface area contributed by atoms with Crippen LogP contribution in [0.5, 0.6) is 0 Å². The summed E-state index contributed by atoms with van der Waals surface area (Å²) >= 11 is 0. The van der Waals surface area contributed by atoms with Gasteiger partial charge in [0.1, 0.15) is 0 Å². The second-order valence-corrected chi connectivity index (χ2v) is 6.57. The zero-order chi connectivity index (χ0) is 17.1. The van der Waals surface area contributed by atoms with Crippen molar-refractivity contribution in [2.75, 3.05) is 19.6 Å². The van der Waals surface area contributed by atoms with E-state index in [-0.39, 0.29) is 17.5 Å². The number of hydrogen-bond acceptors (Lipinski definition) is 3. The number of carbonyl (C=O) groups is 1. The van der Waals surface area contributed by atoms with Gasteiger partial charge in [-0.2, -0.15) is 5.10 Å². The van der Waals surface area contributed by atoms with Crippen LogP contribution < -0.4 is 15.8 Å². The number of nitrogens with one attached hydrogen (secondary N) is 2. The predicted molar refractivity (Wildman–Crippen MR) is 93.3 cm³/mol. The van der Waals surface area contributed by atoms with Crippen LogP contribution >= 0.6 is 0 Å². The van der Waals surface area contributed by atoms with Crippen LogP contribution in [0.4, 0.5) is 0 Å². The average Bonchev–Trinajstić information content (AvgIpc) is 2.60. The van der Waals surface area contributed by atoms with E-state index in [1.807, 2.05) is 6.07 Å². The molecule has 0 atom stereocenters. The number of hydrogen-bond donors (Lipinski definition) is 2. The fraction of sp³-hybridized carbons (Fsp3) is 0.500. The molecule has 1 aromatic heterocycles. The first kappa shape index (κ1) is 16.6. The standard InChI is InChI=1S/C18H24N4O2/c1-3-10-22-11-8-13(9-12-22)19-17(23)16-14-6-4-5-7-15(14)18(24)21(2)20-16/h4-7,13H,3,8-12H2,1-2H3,(H,19,23)/p+1. The van der Waals surface area contributed by atoms with Crippen molar-refractivity contribution in [2.24, 2.45) is 7.05 Å². The Balaban J connectivity index is 1.78. The van der Waals surface area contributed by atoms with Gasteiger partial charge in [0.15, 0.2) is 5.69 Å². The topological polar surface area (TPSA) is 68.4 Å². The van der Waals surface area contributed by atoms with E-state index in [0.29, 0.717) is 16.5 Å². The molecular weight excluding hydrogens is 304 g/mol. The number of piperidine rings is 1. The second kappa shape index (κ2) is 7.13. The van der Waals surface area contributed by atoms with E-state index in [9.17, 15) is 9.59 Å². The summed E-state index contributed by atoms with van der Waals surface area (Å²) in [6.45, 7) is 5.60. The minimum atomic E-state index is -0.189. The van der Waals surface area contributed by atoms with Gasteiger partial charge in [-0.3, -0.25) is 9.59 Å². The second-order valence-electron chi connectivity index (χ2n) is 6.57. The van der Waals surface area contributed by atoms with Crippen LogP contribution in [-0.4, -0.2) is 41.4 Å². The molecule has 1 aliphatic rings. The quantitative estimate of drug-likeness (QED) is 0.837. The van der Waals surface area contributed by atoms with Crippen molar-refractivity contribution in [3.05, 3.63) is 40.3 Å². The number of quaternary nitrogens is 1. The Morgan fingerprint density at radius 3 is 2.62 bits per heavy atom. The summed E-state index contributed by atoms with van der Waals surface area (Å²) in [5.41, 5.74) is 0.148. The molecule has 1 fully saturated rings. The lowest BCUT2D eigenvalue weighted by molar-refractivity contribution is -0.905. The molecule has 1 saturated heterocycles. The SMILES string of the molecule is CCC[NH+]1CCC(NC(=O)c2nn(C)c(=O)c3ccccc23)CC1. The molecule has 0 saturated carbocycles. The summed E-state index contributed by atoms with van der Waals surface area (Å²) in [5, 5.41) is 8.45. The highest BCUT2D eigenvalue weighted by atomic mass is 16.2. The Kier molecular flexibility index (Phi) is 4.94. The third-order valence-electron chi connectivity index (χ3n) is 4.80. The molecule has 1 aliphatic heterocycles. The van der Waals surface area contributed by atoms with Crippen molar-refractivity contribution in [1.29, 1.82) is 0 Å².